The van der Waals surface area contributed by atoms with Gasteiger partial charge in [-0.2, -0.15) is 5.10 Å². The molecule has 0 radical (unpaired) electrons. The lowest BCUT2D eigenvalue weighted by Crippen LogP contribution is -2.29. The van der Waals surface area contributed by atoms with E-state index < -0.39 is 0 Å². The zero-order valence-corrected chi connectivity index (χ0v) is 17.8. The molecule has 0 bridgehead atoms. The molecule has 1 aromatic carbocycles. The highest BCUT2D eigenvalue weighted by molar-refractivity contribution is 7.13. The minimum atomic E-state index is -0.126. The van der Waals surface area contributed by atoms with Crippen molar-refractivity contribution in [2.24, 2.45) is 0 Å². The van der Waals surface area contributed by atoms with Crippen LogP contribution in [0, 0.1) is 13.8 Å². The zero-order chi connectivity index (χ0) is 20.2. The third-order valence-corrected chi connectivity index (χ3v) is 6.04. The monoisotopic (exact) mass is 409 g/mol. The highest BCUT2D eigenvalue weighted by Crippen LogP contribution is 2.20. The average Bonchev–Trinajstić information content (AvgIpc) is 3.28. The van der Waals surface area contributed by atoms with Crippen LogP contribution in [-0.2, 0) is 13.1 Å². The molecule has 1 amide bonds. The van der Waals surface area contributed by atoms with Gasteiger partial charge in [-0.05, 0) is 63.5 Å². The number of hydrogen-bond acceptors (Lipinski definition) is 5. The molecule has 0 atom stereocenters. The minimum Gasteiger partial charge on any atom is -0.298 e. The van der Waals surface area contributed by atoms with Gasteiger partial charge in [-0.25, -0.2) is 4.98 Å². The molecular weight excluding hydrogens is 382 g/mol. The standard InChI is InChI=1S/C22H27N5OS/c1-16-11-17(2)27(25-16)13-18-7-6-8-19(12-18)21(28)24-22-23-20(15-29-22)14-26-9-4-3-5-10-26/h6-8,11-12,15H,3-5,9-10,13-14H2,1-2H3,(H,23,24,28). The molecule has 0 spiro atoms. The van der Waals surface area contributed by atoms with Crippen LogP contribution >= 0.6 is 11.3 Å². The number of aromatic nitrogens is 3. The molecular formula is C22H27N5OS. The molecule has 1 N–H and O–H groups in total. The number of likely N-dealkylation sites (tertiary alicyclic amines) is 1. The number of carbonyl (C=O) groups is 1. The Labute approximate surface area is 175 Å². The van der Waals surface area contributed by atoms with Gasteiger partial charge in [0, 0.05) is 23.2 Å². The van der Waals surface area contributed by atoms with Gasteiger partial charge in [0.1, 0.15) is 0 Å². The molecule has 6 nitrogen and oxygen atoms in total. The quantitative estimate of drug-likeness (QED) is 0.661. The van der Waals surface area contributed by atoms with Crippen molar-refractivity contribution in [3.63, 3.8) is 0 Å². The number of thiazole rings is 1. The van der Waals surface area contributed by atoms with E-state index in [1.807, 2.05) is 48.2 Å². The van der Waals surface area contributed by atoms with Crippen molar-refractivity contribution in [2.75, 3.05) is 18.4 Å². The normalized spacial score (nSPS) is 14.8. The first-order valence-corrected chi connectivity index (χ1v) is 11.0. The van der Waals surface area contributed by atoms with Crippen molar-refractivity contribution >= 4 is 22.4 Å². The third kappa shape index (κ3) is 5.10. The number of hydrogen-bond donors (Lipinski definition) is 1. The Hall–Kier alpha value is -2.51. The molecule has 29 heavy (non-hydrogen) atoms. The Morgan fingerprint density at radius 1 is 1.14 bits per heavy atom. The van der Waals surface area contributed by atoms with E-state index in [1.54, 1.807) is 0 Å². The van der Waals surface area contributed by atoms with Crippen LogP contribution in [0.2, 0.25) is 0 Å². The third-order valence-electron chi connectivity index (χ3n) is 5.23. The summed E-state index contributed by atoms with van der Waals surface area (Å²) >= 11 is 1.49. The molecule has 1 fully saturated rings. The molecule has 2 aromatic heterocycles. The number of carbonyl (C=O) groups excluding carboxylic acids is 1. The average molecular weight is 410 g/mol. The highest BCUT2D eigenvalue weighted by atomic mass is 32.1. The summed E-state index contributed by atoms with van der Waals surface area (Å²) in [5.74, 6) is -0.126. The van der Waals surface area contributed by atoms with E-state index in [4.69, 9.17) is 0 Å². The number of nitrogens with zero attached hydrogens (tertiary/aromatic N) is 4. The molecule has 1 saturated heterocycles. The molecule has 7 heteroatoms. The SMILES string of the molecule is Cc1cc(C)n(Cc2cccc(C(=O)Nc3nc(CN4CCCCC4)cs3)c2)n1. The molecule has 0 unspecified atom stereocenters. The first kappa shape index (κ1) is 19.8. The number of amides is 1. The van der Waals surface area contributed by atoms with E-state index in [-0.39, 0.29) is 5.91 Å². The van der Waals surface area contributed by atoms with Crippen LogP contribution in [-0.4, -0.2) is 38.7 Å². The van der Waals surface area contributed by atoms with Crippen LogP contribution in [0.25, 0.3) is 0 Å². The second-order valence-corrected chi connectivity index (χ2v) is 8.58. The maximum Gasteiger partial charge on any atom is 0.257 e. The zero-order valence-electron chi connectivity index (χ0n) is 17.0. The van der Waals surface area contributed by atoms with Crippen LogP contribution in [0.1, 0.15) is 52.3 Å². The summed E-state index contributed by atoms with van der Waals surface area (Å²) in [5, 5.41) is 10.2. The van der Waals surface area contributed by atoms with Gasteiger partial charge >= 0.3 is 0 Å². The lowest BCUT2D eigenvalue weighted by molar-refractivity contribution is 0.102. The molecule has 0 saturated carbocycles. The van der Waals surface area contributed by atoms with Gasteiger partial charge in [0.05, 0.1) is 17.9 Å². The lowest BCUT2D eigenvalue weighted by atomic mass is 10.1. The molecule has 1 aliphatic heterocycles. The van der Waals surface area contributed by atoms with E-state index in [0.717, 1.165) is 42.3 Å². The van der Waals surface area contributed by atoms with Crippen molar-refractivity contribution in [2.45, 2.75) is 46.2 Å². The summed E-state index contributed by atoms with van der Waals surface area (Å²) in [5.41, 5.74) is 4.83. The maximum atomic E-state index is 12.7. The van der Waals surface area contributed by atoms with E-state index in [2.05, 4.69) is 26.4 Å². The molecule has 1 aliphatic rings. The van der Waals surface area contributed by atoms with Crippen LogP contribution in [0.15, 0.2) is 35.7 Å². The summed E-state index contributed by atoms with van der Waals surface area (Å²) in [7, 11) is 0. The second kappa shape index (κ2) is 8.88. The summed E-state index contributed by atoms with van der Waals surface area (Å²) in [6, 6.07) is 9.75. The lowest BCUT2D eigenvalue weighted by Gasteiger charge is -2.25. The molecule has 4 rings (SSSR count). The Bertz CT molecular complexity index is 987. The van der Waals surface area contributed by atoms with Crippen LogP contribution in [0.3, 0.4) is 0 Å². The van der Waals surface area contributed by atoms with Gasteiger partial charge in [-0.1, -0.05) is 18.6 Å². The number of aryl methyl sites for hydroxylation is 2. The van der Waals surface area contributed by atoms with Gasteiger partial charge in [-0.15, -0.1) is 11.3 Å². The van der Waals surface area contributed by atoms with E-state index in [0.29, 0.717) is 17.2 Å². The molecule has 152 valence electrons. The summed E-state index contributed by atoms with van der Waals surface area (Å²) in [6.07, 6.45) is 3.86. The first-order valence-electron chi connectivity index (χ1n) is 10.1. The smallest absolute Gasteiger partial charge is 0.257 e. The van der Waals surface area contributed by atoms with Crippen molar-refractivity contribution in [1.29, 1.82) is 0 Å². The molecule has 3 aromatic rings. The van der Waals surface area contributed by atoms with Gasteiger partial charge in [-0.3, -0.25) is 19.7 Å². The number of piperidine rings is 1. The first-order chi connectivity index (χ1) is 14.1. The van der Waals surface area contributed by atoms with Crippen molar-refractivity contribution in [3.05, 3.63) is 63.9 Å². The largest absolute Gasteiger partial charge is 0.298 e. The summed E-state index contributed by atoms with van der Waals surface area (Å²) in [6.45, 7) is 7.83. The number of anilines is 1. The van der Waals surface area contributed by atoms with Crippen LogP contribution in [0.5, 0.6) is 0 Å². The Balaban J connectivity index is 1.39. The summed E-state index contributed by atoms with van der Waals surface area (Å²) < 4.78 is 1.96. The predicted octanol–water partition coefficient (Wildman–Crippen LogP) is 4.24. The molecule has 3 heterocycles. The Kier molecular flexibility index (Phi) is 6.06. The predicted molar refractivity (Wildman–Crippen MR) is 116 cm³/mol. The van der Waals surface area contributed by atoms with Gasteiger partial charge < -0.3 is 0 Å². The second-order valence-electron chi connectivity index (χ2n) is 7.72. The van der Waals surface area contributed by atoms with Crippen molar-refractivity contribution in [1.82, 2.24) is 19.7 Å². The van der Waals surface area contributed by atoms with Gasteiger partial charge in [0.15, 0.2) is 5.13 Å². The van der Waals surface area contributed by atoms with Crippen molar-refractivity contribution < 1.29 is 4.79 Å². The fourth-order valence-corrected chi connectivity index (χ4v) is 4.47. The summed E-state index contributed by atoms with van der Waals surface area (Å²) in [4.78, 5) is 19.8. The fraction of sp³-hybridized carbons (Fsp3) is 0.409. The highest BCUT2D eigenvalue weighted by Gasteiger charge is 2.14. The van der Waals surface area contributed by atoms with E-state index >= 15 is 0 Å². The maximum absolute atomic E-state index is 12.7. The molecule has 0 aliphatic carbocycles. The number of nitrogens with one attached hydrogen (secondary N) is 1. The van der Waals surface area contributed by atoms with Gasteiger partial charge in [0.2, 0.25) is 0 Å². The van der Waals surface area contributed by atoms with E-state index in [9.17, 15) is 4.79 Å². The van der Waals surface area contributed by atoms with Crippen LogP contribution in [0.4, 0.5) is 5.13 Å². The van der Waals surface area contributed by atoms with Gasteiger partial charge in [0.25, 0.3) is 5.91 Å². The number of benzene rings is 1. The van der Waals surface area contributed by atoms with E-state index in [1.165, 1.54) is 30.6 Å². The topological polar surface area (TPSA) is 63.1 Å². The fourth-order valence-electron chi connectivity index (χ4n) is 3.77. The number of rotatable bonds is 6. The van der Waals surface area contributed by atoms with Crippen molar-refractivity contribution in [3.8, 4) is 0 Å². The minimum absolute atomic E-state index is 0.126. The van der Waals surface area contributed by atoms with Crippen LogP contribution < -0.4 is 5.32 Å². The Morgan fingerprint density at radius 2 is 1.97 bits per heavy atom. The Morgan fingerprint density at radius 3 is 2.72 bits per heavy atom.